The fourth-order valence-electron chi connectivity index (χ4n) is 1.61. The van der Waals surface area contributed by atoms with Gasteiger partial charge in [0.05, 0.1) is 0 Å². The van der Waals surface area contributed by atoms with E-state index >= 15 is 0 Å². The average Bonchev–Trinajstić information content (AvgIpc) is 2.39. The molecule has 0 saturated carbocycles. The van der Waals surface area contributed by atoms with Crippen LogP contribution in [0, 0.1) is 0 Å². The number of aryl methyl sites for hydroxylation is 1. The van der Waals surface area contributed by atoms with Crippen molar-refractivity contribution < 1.29 is 8.85 Å². The third kappa shape index (κ3) is 4.62. The van der Waals surface area contributed by atoms with Gasteiger partial charge in [0.2, 0.25) is 0 Å². The zero-order valence-corrected chi connectivity index (χ0v) is 12.2. The lowest BCUT2D eigenvalue weighted by Crippen LogP contribution is -2.39. The minimum Gasteiger partial charge on any atom is -0.390 e. The van der Waals surface area contributed by atoms with Gasteiger partial charge < -0.3 is 8.85 Å². The van der Waals surface area contributed by atoms with E-state index in [1.165, 1.54) is 10.8 Å². The zero-order valence-electron chi connectivity index (χ0n) is 11.2. The first-order valence-electron chi connectivity index (χ1n) is 6.54. The van der Waals surface area contributed by atoms with Crippen LogP contribution in [0.1, 0.15) is 39.2 Å². The monoisotopic (exact) mass is 251 g/mol. The van der Waals surface area contributed by atoms with Crippen LogP contribution in [0.15, 0.2) is 24.3 Å². The number of rotatable bonds is 8. The highest BCUT2D eigenvalue weighted by molar-refractivity contribution is 6.61. The highest BCUT2D eigenvalue weighted by atomic mass is 28.3. The van der Waals surface area contributed by atoms with Gasteiger partial charge in [-0.1, -0.05) is 45.0 Å². The van der Waals surface area contributed by atoms with E-state index in [0.717, 1.165) is 32.5 Å². The fourth-order valence-corrected chi connectivity index (χ4v) is 3.54. The van der Waals surface area contributed by atoms with E-state index in [9.17, 15) is 0 Å². The maximum atomic E-state index is 5.90. The van der Waals surface area contributed by atoms with Gasteiger partial charge in [-0.3, -0.25) is 0 Å². The Morgan fingerprint density at radius 1 is 0.941 bits per heavy atom. The van der Waals surface area contributed by atoms with Crippen LogP contribution < -0.4 is 5.19 Å². The molecule has 3 heteroatoms. The molecule has 0 amide bonds. The summed E-state index contributed by atoms with van der Waals surface area (Å²) in [4.78, 5) is 0. The van der Waals surface area contributed by atoms with Crippen LogP contribution in [0.5, 0.6) is 0 Å². The molecule has 0 aliphatic rings. The van der Waals surface area contributed by atoms with Gasteiger partial charge in [0.15, 0.2) is 0 Å². The summed E-state index contributed by atoms with van der Waals surface area (Å²) >= 11 is 0. The van der Waals surface area contributed by atoms with Crippen molar-refractivity contribution in [3.05, 3.63) is 29.8 Å². The van der Waals surface area contributed by atoms with Gasteiger partial charge in [0, 0.05) is 13.2 Å². The summed E-state index contributed by atoms with van der Waals surface area (Å²) in [6.07, 6.45) is 3.12. The summed E-state index contributed by atoms with van der Waals surface area (Å²) in [5.41, 5.74) is 1.36. The van der Waals surface area contributed by atoms with Crippen LogP contribution in [0.2, 0.25) is 0 Å². The molecule has 0 bridgehead atoms. The van der Waals surface area contributed by atoms with Crippen LogP contribution in [-0.4, -0.2) is 22.5 Å². The zero-order chi connectivity index (χ0) is 12.5. The maximum absolute atomic E-state index is 5.90. The summed E-state index contributed by atoms with van der Waals surface area (Å²) in [5.74, 6) is 0. The highest BCUT2D eigenvalue weighted by Crippen LogP contribution is 2.03. The van der Waals surface area contributed by atoms with E-state index in [-0.39, 0.29) is 0 Å². The lowest BCUT2D eigenvalue weighted by atomic mass is 10.2. The molecule has 0 atom stereocenters. The molecule has 1 aromatic carbocycles. The second-order valence-electron chi connectivity index (χ2n) is 4.00. The Morgan fingerprint density at radius 2 is 1.53 bits per heavy atom. The van der Waals surface area contributed by atoms with Crippen molar-refractivity contribution in [1.82, 2.24) is 0 Å². The molecular weight excluding hydrogens is 228 g/mol. The molecule has 0 fully saturated rings. The van der Waals surface area contributed by atoms with Crippen molar-refractivity contribution in [3.63, 3.8) is 0 Å². The predicted octanol–water partition coefficient (Wildman–Crippen LogP) is 2.80. The van der Waals surface area contributed by atoms with E-state index in [4.69, 9.17) is 8.85 Å². The number of benzene rings is 1. The molecule has 2 nitrogen and oxygen atoms in total. The summed E-state index contributed by atoms with van der Waals surface area (Å²) in [6, 6.07) is 8.48. The second-order valence-corrected chi connectivity index (χ2v) is 5.69. The van der Waals surface area contributed by atoms with E-state index in [1.807, 2.05) is 0 Å². The summed E-state index contributed by atoms with van der Waals surface area (Å²) in [6.45, 7) is 8.01. The van der Waals surface area contributed by atoms with Crippen LogP contribution in [0.3, 0.4) is 0 Å². The fraction of sp³-hybridized carbons (Fsp3) is 0.571. The second kappa shape index (κ2) is 8.45. The lowest BCUT2D eigenvalue weighted by molar-refractivity contribution is 0.207. The van der Waals surface area contributed by atoms with Crippen LogP contribution in [-0.2, 0) is 15.3 Å². The maximum Gasteiger partial charge on any atom is 0.423 e. The Kier molecular flexibility index (Phi) is 7.16. The first-order valence-corrected chi connectivity index (χ1v) is 7.85. The van der Waals surface area contributed by atoms with Gasteiger partial charge in [-0.25, -0.2) is 0 Å². The summed E-state index contributed by atoms with van der Waals surface area (Å²) in [7, 11) is -1.29. The van der Waals surface area contributed by atoms with E-state index < -0.39 is 9.28 Å². The normalized spacial score (nSPS) is 11.1. The smallest absolute Gasteiger partial charge is 0.390 e. The molecule has 0 aliphatic carbocycles. The molecule has 0 unspecified atom stereocenters. The Hall–Kier alpha value is -0.643. The van der Waals surface area contributed by atoms with E-state index in [2.05, 4.69) is 45.0 Å². The van der Waals surface area contributed by atoms with Crippen molar-refractivity contribution in [1.29, 1.82) is 0 Å². The van der Waals surface area contributed by atoms with Gasteiger partial charge in [0.25, 0.3) is 0 Å². The van der Waals surface area contributed by atoms with E-state index in [0.29, 0.717) is 0 Å². The summed E-state index contributed by atoms with van der Waals surface area (Å²) in [5, 5.41) is 1.28. The molecule has 0 N–H and O–H groups in total. The minimum atomic E-state index is -1.29. The van der Waals surface area contributed by atoms with Crippen LogP contribution >= 0.6 is 0 Å². The quantitative estimate of drug-likeness (QED) is 0.662. The van der Waals surface area contributed by atoms with Crippen molar-refractivity contribution >= 4 is 14.5 Å². The SMILES string of the molecule is CCCO[Si](OCCC)c1ccccc1CC. The third-order valence-corrected chi connectivity index (χ3v) is 4.35. The molecule has 95 valence electrons. The minimum absolute atomic E-state index is 0.788. The Balaban J connectivity index is 2.78. The van der Waals surface area contributed by atoms with Crippen molar-refractivity contribution in [2.75, 3.05) is 13.2 Å². The molecule has 17 heavy (non-hydrogen) atoms. The number of hydrogen-bond acceptors (Lipinski definition) is 2. The van der Waals surface area contributed by atoms with Crippen LogP contribution in [0.4, 0.5) is 0 Å². The average molecular weight is 251 g/mol. The Morgan fingerprint density at radius 3 is 2.06 bits per heavy atom. The molecule has 1 rings (SSSR count). The topological polar surface area (TPSA) is 18.5 Å². The van der Waals surface area contributed by atoms with Gasteiger partial charge in [-0.15, -0.1) is 0 Å². The predicted molar refractivity (Wildman–Crippen MR) is 73.7 cm³/mol. The largest absolute Gasteiger partial charge is 0.423 e. The molecule has 0 aliphatic heterocycles. The third-order valence-electron chi connectivity index (χ3n) is 2.49. The molecule has 0 saturated heterocycles. The molecule has 1 aromatic rings. The van der Waals surface area contributed by atoms with Crippen molar-refractivity contribution in [2.24, 2.45) is 0 Å². The lowest BCUT2D eigenvalue weighted by Gasteiger charge is -2.17. The first-order chi connectivity index (χ1) is 8.33. The van der Waals surface area contributed by atoms with Crippen LogP contribution in [0.25, 0.3) is 0 Å². The van der Waals surface area contributed by atoms with Gasteiger partial charge >= 0.3 is 9.28 Å². The van der Waals surface area contributed by atoms with Gasteiger partial charge in [0.1, 0.15) is 0 Å². The number of hydrogen-bond donors (Lipinski definition) is 0. The molecule has 1 radical (unpaired) electrons. The standard InChI is InChI=1S/C14H23O2Si/c1-4-11-15-17(16-12-5-2)14-10-8-7-9-13(14)6-3/h7-10H,4-6,11-12H2,1-3H3. The molecule has 0 spiro atoms. The highest BCUT2D eigenvalue weighted by Gasteiger charge is 2.21. The Bertz CT molecular complexity index is 307. The van der Waals surface area contributed by atoms with Gasteiger partial charge in [-0.05, 0) is 30.0 Å². The molecular formula is C14H23O2Si. The van der Waals surface area contributed by atoms with Crippen molar-refractivity contribution in [2.45, 2.75) is 40.0 Å². The molecule has 0 heterocycles. The van der Waals surface area contributed by atoms with Crippen molar-refractivity contribution in [3.8, 4) is 0 Å². The Labute approximate surface area is 107 Å². The van der Waals surface area contributed by atoms with Gasteiger partial charge in [-0.2, -0.15) is 0 Å². The first kappa shape index (κ1) is 14.4. The molecule has 0 aromatic heterocycles. The summed E-state index contributed by atoms with van der Waals surface area (Å²) < 4.78 is 11.8. The van der Waals surface area contributed by atoms with E-state index in [1.54, 1.807) is 0 Å².